The molecule has 0 radical (unpaired) electrons. The smallest absolute Gasteiger partial charge is 0.126 e. The monoisotopic (exact) mass is 258 g/mol. The Balaban J connectivity index is 2.22. The van der Waals surface area contributed by atoms with Crippen LogP contribution < -0.4 is 5.32 Å². The highest BCUT2D eigenvalue weighted by molar-refractivity contribution is 5.21. The molecule has 1 aromatic carbocycles. The first kappa shape index (κ1) is 13.4. The van der Waals surface area contributed by atoms with Crippen molar-refractivity contribution in [1.29, 1.82) is 0 Å². The molecule has 1 aliphatic heterocycles. The highest BCUT2D eigenvalue weighted by Gasteiger charge is 2.22. The van der Waals surface area contributed by atoms with Gasteiger partial charge in [0.25, 0.3) is 0 Å². The highest BCUT2D eigenvalue weighted by Crippen LogP contribution is 2.26. The molecule has 0 bridgehead atoms. The summed E-state index contributed by atoms with van der Waals surface area (Å²) in [4.78, 5) is 2.07. The van der Waals surface area contributed by atoms with Crippen molar-refractivity contribution in [3.05, 3.63) is 35.4 Å². The average molecular weight is 258 g/mol. The zero-order valence-corrected chi connectivity index (χ0v) is 10.1. The number of alkyl halides is 1. The Hall–Kier alpha value is -1.07. The van der Waals surface area contributed by atoms with E-state index in [1.54, 1.807) is 0 Å². The predicted octanol–water partition coefficient (Wildman–Crippen LogP) is 2.27. The number of hydrogen-bond acceptors (Lipinski definition) is 2. The molecule has 18 heavy (non-hydrogen) atoms. The average Bonchev–Trinajstić information content (AvgIpc) is 2.36. The lowest BCUT2D eigenvalue weighted by Crippen LogP contribution is -2.45. The van der Waals surface area contributed by atoms with Crippen LogP contribution in [0.2, 0.25) is 0 Å². The van der Waals surface area contributed by atoms with Crippen LogP contribution in [0.1, 0.15) is 18.0 Å². The van der Waals surface area contributed by atoms with E-state index in [1.165, 1.54) is 12.1 Å². The number of piperazine rings is 1. The first-order valence-corrected chi connectivity index (χ1v) is 6.17. The molecule has 100 valence electrons. The lowest BCUT2D eigenvalue weighted by molar-refractivity contribution is 0.157. The lowest BCUT2D eigenvalue weighted by Gasteiger charge is -2.34. The summed E-state index contributed by atoms with van der Waals surface area (Å²) in [5, 5.41) is 3.20. The molecular formula is C13H17F3N2. The molecule has 1 aromatic rings. The summed E-state index contributed by atoms with van der Waals surface area (Å²) in [6.45, 7) is 2.68. The van der Waals surface area contributed by atoms with Crippen molar-refractivity contribution < 1.29 is 13.2 Å². The molecular weight excluding hydrogens is 241 g/mol. The normalized spacial score (nSPS) is 18.8. The molecule has 1 aliphatic rings. The van der Waals surface area contributed by atoms with Gasteiger partial charge in [-0.05, 0) is 24.1 Å². The zero-order valence-electron chi connectivity index (χ0n) is 10.1. The maximum atomic E-state index is 13.2. The minimum absolute atomic E-state index is 0.248. The maximum Gasteiger partial charge on any atom is 0.126 e. The SMILES string of the molecule is FCC[C@H](c1cc(F)cc(F)c1)N1CCNCC1. The van der Waals surface area contributed by atoms with E-state index in [4.69, 9.17) is 0 Å². The van der Waals surface area contributed by atoms with Crippen molar-refractivity contribution in [2.24, 2.45) is 0 Å². The summed E-state index contributed by atoms with van der Waals surface area (Å²) >= 11 is 0. The van der Waals surface area contributed by atoms with Crippen LogP contribution in [0.25, 0.3) is 0 Å². The Morgan fingerprint density at radius 1 is 1.11 bits per heavy atom. The van der Waals surface area contributed by atoms with Crippen molar-refractivity contribution in [3.63, 3.8) is 0 Å². The Morgan fingerprint density at radius 3 is 2.28 bits per heavy atom. The van der Waals surface area contributed by atoms with Gasteiger partial charge in [0.05, 0.1) is 6.67 Å². The van der Waals surface area contributed by atoms with Gasteiger partial charge >= 0.3 is 0 Å². The van der Waals surface area contributed by atoms with E-state index in [0.29, 0.717) is 5.56 Å². The van der Waals surface area contributed by atoms with Crippen LogP contribution in [0.15, 0.2) is 18.2 Å². The van der Waals surface area contributed by atoms with Gasteiger partial charge in [0, 0.05) is 38.3 Å². The van der Waals surface area contributed by atoms with Gasteiger partial charge in [-0.1, -0.05) is 0 Å². The number of hydrogen-bond donors (Lipinski definition) is 1. The molecule has 0 spiro atoms. The molecule has 5 heteroatoms. The minimum Gasteiger partial charge on any atom is -0.314 e. The van der Waals surface area contributed by atoms with Gasteiger partial charge in [-0.25, -0.2) is 8.78 Å². The molecule has 1 saturated heterocycles. The van der Waals surface area contributed by atoms with Gasteiger partial charge in [0.1, 0.15) is 11.6 Å². The predicted molar refractivity (Wildman–Crippen MR) is 64.1 cm³/mol. The van der Waals surface area contributed by atoms with Crippen LogP contribution in [-0.2, 0) is 0 Å². The number of nitrogens with one attached hydrogen (secondary N) is 1. The fourth-order valence-electron chi connectivity index (χ4n) is 2.42. The Morgan fingerprint density at radius 2 is 1.72 bits per heavy atom. The van der Waals surface area contributed by atoms with Crippen molar-refractivity contribution in [1.82, 2.24) is 10.2 Å². The summed E-state index contributed by atoms with van der Waals surface area (Å²) in [6.07, 6.45) is 0.267. The summed E-state index contributed by atoms with van der Waals surface area (Å²) in [7, 11) is 0. The van der Waals surface area contributed by atoms with Crippen LogP contribution in [0, 0.1) is 11.6 Å². The molecule has 2 nitrogen and oxygen atoms in total. The standard InChI is InChI=1S/C13H17F3N2/c14-2-1-13(18-5-3-17-4-6-18)10-7-11(15)9-12(16)8-10/h7-9,13,17H,1-6H2/t13-/m1/s1. The second kappa shape index (κ2) is 6.20. The Bertz CT molecular complexity index is 372. The third-order valence-electron chi connectivity index (χ3n) is 3.24. The van der Waals surface area contributed by atoms with E-state index in [0.717, 1.165) is 32.2 Å². The van der Waals surface area contributed by atoms with Gasteiger partial charge < -0.3 is 5.32 Å². The largest absolute Gasteiger partial charge is 0.314 e. The zero-order chi connectivity index (χ0) is 13.0. The molecule has 0 amide bonds. The van der Waals surface area contributed by atoms with E-state index in [-0.39, 0.29) is 12.5 Å². The maximum absolute atomic E-state index is 13.2. The van der Waals surface area contributed by atoms with Gasteiger partial charge in [-0.3, -0.25) is 9.29 Å². The van der Waals surface area contributed by atoms with E-state index >= 15 is 0 Å². The fourth-order valence-corrected chi connectivity index (χ4v) is 2.42. The Kier molecular flexibility index (Phi) is 4.60. The van der Waals surface area contributed by atoms with E-state index in [1.807, 2.05) is 0 Å². The number of rotatable bonds is 4. The first-order chi connectivity index (χ1) is 8.70. The van der Waals surface area contributed by atoms with E-state index < -0.39 is 18.3 Å². The molecule has 1 atom stereocenters. The number of nitrogens with zero attached hydrogens (tertiary/aromatic N) is 1. The van der Waals surface area contributed by atoms with Crippen molar-refractivity contribution in [3.8, 4) is 0 Å². The van der Waals surface area contributed by atoms with E-state index in [9.17, 15) is 13.2 Å². The van der Waals surface area contributed by atoms with Crippen LogP contribution in [0.5, 0.6) is 0 Å². The summed E-state index contributed by atoms with van der Waals surface area (Å²) < 4.78 is 39.1. The summed E-state index contributed by atoms with van der Waals surface area (Å²) in [5.41, 5.74) is 0.520. The molecule has 2 rings (SSSR count). The van der Waals surface area contributed by atoms with Crippen LogP contribution >= 0.6 is 0 Å². The lowest BCUT2D eigenvalue weighted by atomic mass is 10.0. The van der Waals surface area contributed by atoms with Gasteiger partial charge in [0.15, 0.2) is 0 Å². The second-order valence-corrected chi connectivity index (χ2v) is 4.48. The Labute approximate surface area is 105 Å². The third kappa shape index (κ3) is 3.23. The quantitative estimate of drug-likeness (QED) is 0.891. The summed E-state index contributed by atoms with van der Waals surface area (Å²) in [6, 6.07) is 3.19. The molecule has 0 unspecified atom stereocenters. The van der Waals surface area contributed by atoms with Crippen LogP contribution in [0.4, 0.5) is 13.2 Å². The first-order valence-electron chi connectivity index (χ1n) is 6.17. The molecule has 1 N–H and O–H groups in total. The van der Waals surface area contributed by atoms with Crippen molar-refractivity contribution in [2.45, 2.75) is 12.5 Å². The minimum atomic E-state index is -0.607. The van der Waals surface area contributed by atoms with Crippen LogP contribution in [0.3, 0.4) is 0 Å². The van der Waals surface area contributed by atoms with Crippen molar-refractivity contribution >= 4 is 0 Å². The van der Waals surface area contributed by atoms with Gasteiger partial charge in [0.2, 0.25) is 0 Å². The highest BCUT2D eigenvalue weighted by atomic mass is 19.1. The summed E-state index contributed by atoms with van der Waals surface area (Å²) in [5.74, 6) is -1.21. The number of benzene rings is 1. The second-order valence-electron chi connectivity index (χ2n) is 4.48. The molecule has 1 heterocycles. The van der Waals surface area contributed by atoms with Gasteiger partial charge in [-0.2, -0.15) is 0 Å². The van der Waals surface area contributed by atoms with Gasteiger partial charge in [-0.15, -0.1) is 0 Å². The third-order valence-corrected chi connectivity index (χ3v) is 3.24. The van der Waals surface area contributed by atoms with Crippen molar-refractivity contribution in [2.75, 3.05) is 32.9 Å². The van der Waals surface area contributed by atoms with E-state index in [2.05, 4.69) is 10.2 Å². The fraction of sp³-hybridized carbons (Fsp3) is 0.538. The molecule has 1 fully saturated rings. The topological polar surface area (TPSA) is 15.3 Å². The molecule has 0 saturated carbocycles. The molecule has 0 aromatic heterocycles. The van der Waals surface area contributed by atoms with Crippen LogP contribution in [-0.4, -0.2) is 37.8 Å². The molecule has 0 aliphatic carbocycles. The number of halogens is 3.